The van der Waals surface area contributed by atoms with E-state index in [0.29, 0.717) is 11.1 Å². The SMILES string of the molecule is O=C1c2ccccc2C(=O)c2c1cccc2C(Cl)(Cl)Cl. The molecule has 1 aliphatic carbocycles. The zero-order valence-electron chi connectivity index (χ0n) is 9.99. The minimum Gasteiger partial charge on any atom is -0.289 e. The van der Waals surface area contributed by atoms with Crippen molar-refractivity contribution in [1.82, 2.24) is 0 Å². The molecule has 2 nitrogen and oxygen atoms in total. The van der Waals surface area contributed by atoms with E-state index < -0.39 is 3.79 Å². The number of hydrogen-bond donors (Lipinski definition) is 0. The number of hydrogen-bond acceptors (Lipinski definition) is 2. The molecule has 20 heavy (non-hydrogen) atoms. The van der Waals surface area contributed by atoms with Crippen LogP contribution in [-0.2, 0) is 3.79 Å². The van der Waals surface area contributed by atoms with Gasteiger partial charge in [0.05, 0.1) is 0 Å². The summed E-state index contributed by atoms with van der Waals surface area (Å²) >= 11 is 17.7. The van der Waals surface area contributed by atoms with Crippen LogP contribution in [0.1, 0.15) is 37.4 Å². The smallest absolute Gasteiger partial charge is 0.216 e. The van der Waals surface area contributed by atoms with E-state index in [1.165, 1.54) is 0 Å². The predicted molar refractivity (Wildman–Crippen MR) is 79.0 cm³/mol. The molecule has 0 atom stereocenters. The van der Waals surface area contributed by atoms with Gasteiger partial charge in [-0.2, -0.15) is 0 Å². The lowest BCUT2D eigenvalue weighted by Crippen LogP contribution is -2.24. The normalized spacial score (nSPS) is 13.9. The van der Waals surface area contributed by atoms with Gasteiger partial charge in [-0.1, -0.05) is 77.3 Å². The van der Waals surface area contributed by atoms with E-state index in [0.717, 1.165) is 0 Å². The van der Waals surface area contributed by atoms with Gasteiger partial charge in [0.2, 0.25) is 3.79 Å². The van der Waals surface area contributed by atoms with Crippen LogP contribution in [0, 0.1) is 0 Å². The van der Waals surface area contributed by atoms with Crippen LogP contribution in [0.2, 0.25) is 0 Å². The molecule has 2 aromatic rings. The molecule has 2 aromatic carbocycles. The van der Waals surface area contributed by atoms with Gasteiger partial charge in [0.1, 0.15) is 0 Å². The van der Waals surface area contributed by atoms with Crippen LogP contribution in [0.4, 0.5) is 0 Å². The summed E-state index contributed by atoms with van der Waals surface area (Å²) in [4.78, 5) is 25.0. The molecule has 0 radical (unpaired) electrons. The molecule has 100 valence electrons. The Kier molecular flexibility index (Phi) is 3.13. The number of benzene rings is 2. The molecule has 0 saturated carbocycles. The van der Waals surface area contributed by atoms with Crippen molar-refractivity contribution in [1.29, 1.82) is 0 Å². The van der Waals surface area contributed by atoms with Gasteiger partial charge >= 0.3 is 0 Å². The van der Waals surface area contributed by atoms with E-state index in [9.17, 15) is 9.59 Å². The van der Waals surface area contributed by atoms with Crippen molar-refractivity contribution in [2.24, 2.45) is 0 Å². The Balaban J connectivity index is 2.34. The molecular formula is C15H7Cl3O2. The molecule has 1 aliphatic rings. The summed E-state index contributed by atoms with van der Waals surface area (Å²) in [5.41, 5.74) is 1.40. The number of fused-ring (bicyclic) bond motifs is 2. The minimum absolute atomic E-state index is 0.177. The van der Waals surface area contributed by atoms with Gasteiger partial charge < -0.3 is 0 Å². The maximum Gasteiger partial charge on any atom is 0.216 e. The maximum absolute atomic E-state index is 12.6. The van der Waals surface area contributed by atoms with Crippen molar-refractivity contribution in [2.75, 3.05) is 0 Å². The van der Waals surface area contributed by atoms with Crippen molar-refractivity contribution >= 4 is 46.4 Å². The second kappa shape index (κ2) is 4.59. The largest absolute Gasteiger partial charge is 0.289 e. The maximum atomic E-state index is 12.6. The van der Waals surface area contributed by atoms with Gasteiger partial charge in [-0.15, -0.1) is 0 Å². The fourth-order valence-electron chi connectivity index (χ4n) is 2.38. The zero-order valence-corrected chi connectivity index (χ0v) is 12.3. The fraction of sp³-hybridized carbons (Fsp3) is 0.0667. The van der Waals surface area contributed by atoms with E-state index in [-0.39, 0.29) is 28.3 Å². The molecule has 0 N–H and O–H groups in total. The van der Waals surface area contributed by atoms with Gasteiger partial charge in [0.25, 0.3) is 0 Å². The van der Waals surface area contributed by atoms with Crippen LogP contribution in [0.15, 0.2) is 42.5 Å². The van der Waals surface area contributed by atoms with Crippen molar-refractivity contribution in [3.8, 4) is 0 Å². The lowest BCUT2D eigenvalue weighted by molar-refractivity contribution is 0.0978. The van der Waals surface area contributed by atoms with Gasteiger partial charge in [-0.25, -0.2) is 0 Å². The first-order valence-corrected chi connectivity index (χ1v) is 6.93. The summed E-state index contributed by atoms with van der Waals surface area (Å²) < 4.78 is -1.76. The third-order valence-electron chi connectivity index (χ3n) is 3.26. The monoisotopic (exact) mass is 324 g/mol. The highest BCUT2D eigenvalue weighted by Gasteiger charge is 2.36. The molecule has 0 heterocycles. The van der Waals surface area contributed by atoms with Crippen molar-refractivity contribution in [3.05, 3.63) is 70.3 Å². The molecule has 0 unspecified atom stereocenters. The number of ketones is 2. The predicted octanol–water partition coefficient (Wildman–Crippen LogP) is 4.29. The highest BCUT2D eigenvalue weighted by molar-refractivity contribution is 6.67. The number of carbonyl (C=O) groups is 2. The second-order valence-electron chi connectivity index (χ2n) is 4.43. The Morgan fingerprint density at radius 3 is 1.85 bits per heavy atom. The Morgan fingerprint density at radius 2 is 1.25 bits per heavy atom. The third-order valence-corrected chi connectivity index (χ3v) is 3.87. The summed E-state index contributed by atoms with van der Waals surface area (Å²) in [5, 5.41) is 0. The van der Waals surface area contributed by atoms with Gasteiger partial charge in [0, 0.05) is 27.8 Å². The summed E-state index contributed by atoms with van der Waals surface area (Å²) in [6.07, 6.45) is 0. The average molecular weight is 326 g/mol. The number of rotatable bonds is 0. The van der Waals surface area contributed by atoms with Crippen LogP contribution < -0.4 is 0 Å². The van der Waals surface area contributed by atoms with Crippen molar-refractivity contribution in [2.45, 2.75) is 3.79 Å². The first-order valence-electron chi connectivity index (χ1n) is 5.80. The van der Waals surface area contributed by atoms with Crippen molar-refractivity contribution < 1.29 is 9.59 Å². The summed E-state index contributed by atoms with van der Waals surface area (Å²) in [6, 6.07) is 11.4. The van der Waals surface area contributed by atoms with Crippen LogP contribution in [0.5, 0.6) is 0 Å². The molecule has 0 amide bonds. The highest BCUT2D eigenvalue weighted by Crippen LogP contribution is 2.43. The van der Waals surface area contributed by atoms with Gasteiger partial charge in [0.15, 0.2) is 11.6 Å². The third kappa shape index (κ3) is 1.96. The van der Waals surface area contributed by atoms with E-state index in [1.807, 2.05) is 0 Å². The van der Waals surface area contributed by atoms with E-state index >= 15 is 0 Å². The number of carbonyl (C=O) groups excluding carboxylic acids is 2. The summed E-state index contributed by atoms with van der Waals surface area (Å²) in [5.74, 6) is -0.525. The topological polar surface area (TPSA) is 34.1 Å². The van der Waals surface area contributed by atoms with Gasteiger partial charge in [-0.05, 0) is 0 Å². The van der Waals surface area contributed by atoms with E-state index in [1.54, 1.807) is 42.5 Å². The molecule has 3 rings (SSSR count). The lowest BCUT2D eigenvalue weighted by atomic mass is 9.82. The second-order valence-corrected chi connectivity index (χ2v) is 6.71. The van der Waals surface area contributed by atoms with Gasteiger partial charge in [-0.3, -0.25) is 9.59 Å². The number of halogens is 3. The van der Waals surface area contributed by atoms with E-state index in [2.05, 4.69) is 0 Å². The molecule has 0 bridgehead atoms. The summed E-state index contributed by atoms with van der Waals surface area (Å²) in [6.45, 7) is 0. The van der Waals surface area contributed by atoms with Crippen LogP contribution in [0.3, 0.4) is 0 Å². The summed E-state index contributed by atoms with van der Waals surface area (Å²) in [7, 11) is 0. The molecule has 0 saturated heterocycles. The Labute approximate surface area is 130 Å². The fourth-order valence-corrected chi connectivity index (χ4v) is 2.85. The van der Waals surface area contributed by atoms with Crippen LogP contribution in [-0.4, -0.2) is 11.6 Å². The Hall–Kier alpha value is -1.35. The van der Waals surface area contributed by atoms with Crippen LogP contribution in [0.25, 0.3) is 0 Å². The first kappa shape index (κ1) is 13.6. The quantitative estimate of drug-likeness (QED) is 0.578. The number of alkyl halides is 3. The molecule has 0 aliphatic heterocycles. The molecule has 0 aromatic heterocycles. The Bertz CT molecular complexity index is 745. The molecular weight excluding hydrogens is 319 g/mol. The van der Waals surface area contributed by atoms with Crippen LogP contribution >= 0.6 is 34.8 Å². The van der Waals surface area contributed by atoms with E-state index in [4.69, 9.17) is 34.8 Å². The molecule has 0 fully saturated rings. The minimum atomic E-state index is -1.76. The highest BCUT2D eigenvalue weighted by atomic mass is 35.6. The Morgan fingerprint density at radius 1 is 0.700 bits per heavy atom. The zero-order chi connectivity index (χ0) is 14.5. The lowest BCUT2D eigenvalue weighted by Gasteiger charge is -2.22. The molecule has 0 spiro atoms. The average Bonchev–Trinajstić information content (AvgIpc) is 2.43. The molecule has 5 heteroatoms. The first-order chi connectivity index (χ1) is 9.41. The van der Waals surface area contributed by atoms with Crippen molar-refractivity contribution in [3.63, 3.8) is 0 Å². The standard InChI is InChI=1S/C15H7Cl3O2/c16-15(17,18)11-7-3-6-10-12(11)14(20)9-5-2-1-4-8(9)13(10)19/h1-7H.